The number of benzene rings is 1. The molecule has 1 aliphatic rings. The third-order valence-corrected chi connectivity index (χ3v) is 2.49. The van der Waals surface area contributed by atoms with Crippen molar-refractivity contribution in [2.45, 2.75) is 18.9 Å². The molecule has 0 saturated heterocycles. The summed E-state index contributed by atoms with van der Waals surface area (Å²) < 4.78 is 0. The standard InChI is InChI=1S/C11H13N3O/c1-11(9(15)13-10(12)14-11)7-8-5-3-2-4-6-8/h2-6H,7H2,1H3,(H3,12,13,14,15). The van der Waals surface area contributed by atoms with Gasteiger partial charge in [-0.3, -0.25) is 10.1 Å². The zero-order valence-corrected chi connectivity index (χ0v) is 8.53. The molecule has 4 nitrogen and oxygen atoms in total. The quantitative estimate of drug-likeness (QED) is 0.732. The van der Waals surface area contributed by atoms with Gasteiger partial charge in [0.2, 0.25) is 0 Å². The Morgan fingerprint density at radius 2 is 2.07 bits per heavy atom. The van der Waals surface area contributed by atoms with Gasteiger partial charge in [0.05, 0.1) is 0 Å². The summed E-state index contributed by atoms with van der Waals surface area (Å²) in [5.41, 5.74) is 5.79. The third-order valence-electron chi connectivity index (χ3n) is 2.49. The highest BCUT2D eigenvalue weighted by Crippen LogP contribution is 2.20. The minimum absolute atomic E-state index is 0.135. The second-order valence-electron chi connectivity index (χ2n) is 3.89. The van der Waals surface area contributed by atoms with Crippen molar-refractivity contribution >= 4 is 11.9 Å². The number of carbonyl (C=O) groups is 1. The predicted octanol–water partition coefficient (Wildman–Crippen LogP) is 0.432. The molecule has 0 radical (unpaired) electrons. The van der Waals surface area contributed by atoms with Crippen molar-refractivity contribution in [2.75, 3.05) is 0 Å². The Labute approximate surface area is 88.2 Å². The average Bonchev–Trinajstić information content (AvgIpc) is 2.41. The van der Waals surface area contributed by atoms with Crippen molar-refractivity contribution in [1.29, 1.82) is 0 Å². The minimum Gasteiger partial charge on any atom is -0.370 e. The summed E-state index contributed by atoms with van der Waals surface area (Å²) in [5, 5.41) is 2.52. The molecule has 0 aliphatic carbocycles. The Hall–Kier alpha value is -1.84. The molecule has 1 aromatic carbocycles. The summed E-state index contributed by atoms with van der Waals surface area (Å²) in [6.45, 7) is 1.79. The minimum atomic E-state index is -0.758. The molecule has 1 aliphatic heterocycles. The molecule has 3 N–H and O–H groups in total. The molecule has 2 rings (SSSR count). The van der Waals surface area contributed by atoms with Gasteiger partial charge in [-0.2, -0.15) is 0 Å². The van der Waals surface area contributed by atoms with Gasteiger partial charge in [-0.05, 0) is 12.5 Å². The van der Waals surface area contributed by atoms with E-state index in [0.717, 1.165) is 5.56 Å². The molecule has 0 fully saturated rings. The van der Waals surface area contributed by atoms with E-state index in [9.17, 15) is 4.79 Å². The number of hydrogen-bond donors (Lipinski definition) is 2. The van der Waals surface area contributed by atoms with Crippen molar-refractivity contribution in [3.63, 3.8) is 0 Å². The maximum atomic E-state index is 11.6. The lowest BCUT2D eigenvalue weighted by molar-refractivity contribution is -0.123. The second-order valence-corrected chi connectivity index (χ2v) is 3.89. The highest BCUT2D eigenvalue weighted by molar-refractivity contribution is 6.06. The van der Waals surface area contributed by atoms with Crippen molar-refractivity contribution in [3.8, 4) is 0 Å². The molecule has 1 heterocycles. The number of amides is 1. The van der Waals surface area contributed by atoms with Crippen LogP contribution in [0.2, 0.25) is 0 Å². The topological polar surface area (TPSA) is 67.5 Å². The van der Waals surface area contributed by atoms with Gasteiger partial charge in [0.25, 0.3) is 5.91 Å². The number of nitrogens with zero attached hydrogens (tertiary/aromatic N) is 1. The van der Waals surface area contributed by atoms with Gasteiger partial charge in [-0.25, -0.2) is 4.99 Å². The summed E-state index contributed by atoms with van der Waals surface area (Å²) >= 11 is 0. The van der Waals surface area contributed by atoms with Gasteiger partial charge < -0.3 is 5.73 Å². The molecular weight excluding hydrogens is 190 g/mol. The summed E-state index contributed by atoms with van der Waals surface area (Å²) in [7, 11) is 0. The van der Waals surface area contributed by atoms with E-state index in [1.165, 1.54) is 0 Å². The van der Waals surface area contributed by atoms with Crippen LogP contribution in [0, 0.1) is 0 Å². The second kappa shape index (κ2) is 3.38. The lowest BCUT2D eigenvalue weighted by atomic mass is 9.93. The fourth-order valence-corrected chi connectivity index (χ4v) is 1.71. The lowest BCUT2D eigenvalue weighted by Gasteiger charge is -2.17. The zero-order valence-electron chi connectivity index (χ0n) is 8.53. The van der Waals surface area contributed by atoms with Crippen molar-refractivity contribution in [2.24, 2.45) is 10.7 Å². The summed E-state index contributed by atoms with van der Waals surface area (Å²) in [6, 6.07) is 9.78. The van der Waals surface area contributed by atoms with Gasteiger partial charge in [0.15, 0.2) is 5.96 Å². The Bertz CT molecular complexity index is 413. The number of hydrogen-bond acceptors (Lipinski definition) is 3. The first-order chi connectivity index (χ1) is 7.10. The molecular formula is C11H13N3O. The number of nitrogens with two attached hydrogens (primary N) is 1. The average molecular weight is 203 g/mol. The molecule has 0 saturated carbocycles. The normalized spacial score (nSPS) is 24.9. The number of rotatable bonds is 2. The van der Waals surface area contributed by atoms with Crippen LogP contribution in [-0.4, -0.2) is 17.4 Å². The van der Waals surface area contributed by atoms with Crippen molar-refractivity contribution < 1.29 is 4.79 Å². The smallest absolute Gasteiger partial charge is 0.254 e. The van der Waals surface area contributed by atoms with Gasteiger partial charge in [-0.1, -0.05) is 30.3 Å². The highest BCUT2D eigenvalue weighted by atomic mass is 16.2. The molecule has 1 amide bonds. The molecule has 0 bridgehead atoms. The molecule has 0 aromatic heterocycles. The van der Waals surface area contributed by atoms with E-state index < -0.39 is 5.54 Å². The van der Waals surface area contributed by atoms with Crippen LogP contribution in [0.4, 0.5) is 0 Å². The summed E-state index contributed by atoms with van der Waals surface area (Å²) in [4.78, 5) is 15.7. The largest absolute Gasteiger partial charge is 0.370 e. The fraction of sp³-hybridized carbons (Fsp3) is 0.273. The van der Waals surface area contributed by atoms with E-state index in [1.54, 1.807) is 6.92 Å². The van der Waals surface area contributed by atoms with Crippen LogP contribution in [-0.2, 0) is 11.2 Å². The van der Waals surface area contributed by atoms with Crippen LogP contribution in [0.25, 0.3) is 0 Å². The SMILES string of the molecule is CC1(Cc2ccccc2)N=C(N)NC1=O. The lowest BCUT2D eigenvalue weighted by Crippen LogP contribution is -2.40. The maximum Gasteiger partial charge on any atom is 0.254 e. The maximum absolute atomic E-state index is 11.6. The van der Waals surface area contributed by atoms with Crippen LogP contribution in [0.15, 0.2) is 35.3 Å². The Balaban J connectivity index is 2.22. The molecule has 4 heteroatoms. The molecule has 1 unspecified atom stereocenters. The molecule has 0 spiro atoms. The molecule has 78 valence electrons. The monoisotopic (exact) mass is 203 g/mol. The van der Waals surface area contributed by atoms with Crippen molar-refractivity contribution in [1.82, 2.24) is 5.32 Å². The van der Waals surface area contributed by atoms with E-state index in [1.807, 2.05) is 30.3 Å². The first-order valence-corrected chi connectivity index (χ1v) is 4.81. The number of carbonyl (C=O) groups excluding carboxylic acids is 1. The highest BCUT2D eigenvalue weighted by Gasteiger charge is 2.38. The number of aliphatic imine (C=N–C) groups is 1. The first-order valence-electron chi connectivity index (χ1n) is 4.81. The van der Waals surface area contributed by atoms with E-state index >= 15 is 0 Å². The van der Waals surface area contributed by atoms with E-state index in [0.29, 0.717) is 6.42 Å². The predicted molar refractivity (Wildman–Crippen MR) is 58.3 cm³/mol. The molecule has 15 heavy (non-hydrogen) atoms. The Morgan fingerprint density at radius 3 is 2.60 bits per heavy atom. The molecule has 1 atom stereocenters. The summed E-state index contributed by atoms with van der Waals surface area (Å²) in [6.07, 6.45) is 0.570. The van der Waals surface area contributed by atoms with Gasteiger partial charge in [0.1, 0.15) is 5.54 Å². The third kappa shape index (κ3) is 1.83. The Kier molecular flexibility index (Phi) is 2.19. The first kappa shape index (κ1) is 9.71. The Morgan fingerprint density at radius 1 is 1.40 bits per heavy atom. The van der Waals surface area contributed by atoms with Crippen LogP contribution >= 0.6 is 0 Å². The van der Waals surface area contributed by atoms with E-state index in [-0.39, 0.29) is 11.9 Å². The zero-order chi connectivity index (χ0) is 10.9. The summed E-state index contributed by atoms with van der Waals surface area (Å²) in [5.74, 6) is 0.0716. The van der Waals surface area contributed by atoms with E-state index in [4.69, 9.17) is 5.73 Å². The van der Waals surface area contributed by atoms with Crippen LogP contribution in [0.1, 0.15) is 12.5 Å². The number of guanidine groups is 1. The van der Waals surface area contributed by atoms with Gasteiger partial charge in [0, 0.05) is 6.42 Å². The molecule has 1 aromatic rings. The van der Waals surface area contributed by atoms with Crippen LogP contribution < -0.4 is 11.1 Å². The number of nitrogens with one attached hydrogen (secondary N) is 1. The van der Waals surface area contributed by atoms with Gasteiger partial charge >= 0.3 is 0 Å². The fourth-order valence-electron chi connectivity index (χ4n) is 1.71. The van der Waals surface area contributed by atoms with E-state index in [2.05, 4.69) is 10.3 Å². The van der Waals surface area contributed by atoms with Gasteiger partial charge in [-0.15, -0.1) is 0 Å². The van der Waals surface area contributed by atoms with Crippen LogP contribution in [0.5, 0.6) is 0 Å². The van der Waals surface area contributed by atoms with Crippen molar-refractivity contribution in [3.05, 3.63) is 35.9 Å². The van der Waals surface area contributed by atoms with Crippen LogP contribution in [0.3, 0.4) is 0 Å².